The zero-order valence-electron chi connectivity index (χ0n) is 6.23. The third kappa shape index (κ3) is 2.60. The third-order valence-electron chi connectivity index (χ3n) is 1.26. The molecule has 1 radical (unpaired) electrons. The minimum absolute atomic E-state index is 0.356. The molecule has 0 aromatic heterocycles. The number of hydrogen-bond donors (Lipinski definition) is 1. The van der Waals surface area contributed by atoms with Crippen molar-refractivity contribution >= 4 is 0 Å². The van der Waals surface area contributed by atoms with E-state index in [1.54, 1.807) is 12.1 Å². The molecule has 0 spiro atoms. The van der Waals surface area contributed by atoms with Gasteiger partial charge >= 0.3 is 0 Å². The lowest BCUT2D eigenvalue weighted by atomic mass is 10.3. The normalized spacial score (nSPS) is 12.5. The van der Waals surface area contributed by atoms with E-state index in [4.69, 9.17) is 9.84 Å². The summed E-state index contributed by atoms with van der Waals surface area (Å²) in [6.45, 7) is 3.51. The van der Waals surface area contributed by atoms with Crippen LogP contribution < -0.4 is 4.74 Å². The maximum absolute atomic E-state index is 9.03. The molecule has 1 rings (SSSR count). The van der Waals surface area contributed by atoms with E-state index in [1.807, 2.05) is 18.2 Å². The van der Waals surface area contributed by atoms with Gasteiger partial charge in [-0.1, -0.05) is 18.2 Å². The molecule has 11 heavy (non-hydrogen) atoms. The van der Waals surface area contributed by atoms with E-state index in [-0.39, 0.29) is 0 Å². The van der Waals surface area contributed by atoms with E-state index in [9.17, 15) is 0 Å². The molecular weight excluding hydrogens is 140 g/mol. The highest BCUT2D eigenvalue weighted by molar-refractivity contribution is 5.20. The molecule has 0 amide bonds. The first kappa shape index (κ1) is 8.08. The zero-order valence-corrected chi connectivity index (χ0v) is 6.23. The van der Waals surface area contributed by atoms with Gasteiger partial charge in [0, 0.05) is 6.42 Å². The predicted octanol–water partition coefficient (Wildman–Crippen LogP) is 1.61. The van der Waals surface area contributed by atoms with E-state index < -0.39 is 6.29 Å². The summed E-state index contributed by atoms with van der Waals surface area (Å²) in [6, 6.07) is 9.18. The Hall–Kier alpha value is -1.02. The van der Waals surface area contributed by atoms with E-state index in [1.165, 1.54) is 0 Å². The van der Waals surface area contributed by atoms with Crippen molar-refractivity contribution in [1.82, 2.24) is 0 Å². The van der Waals surface area contributed by atoms with E-state index in [0.717, 1.165) is 0 Å². The Kier molecular flexibility index (Phi) is 2.93. The van der Waals surface area contributed by atoms with Gasteiger partial charge in [-0.3, -0.25) is 0 Å². The lowest BCUT2D eigenvalue weighted by Crippen LogP contribution is -2.13. The number of para-hydroxylation sites is 1. The van der Waals surface area contributed by atoms with Crippen LogP contribution in [-0.4, -0.2) is 11.4 Å². The van der Waals surface area contributed by atoms with Gasteiger partial charge in [-0.2, -0.15) is 0 Å². The van der Waals surface area contributed by atoms with Crippen LogP contribution in [0.4, 0.5) is 0 Å². The summed E-state index contributed by atoms with van der Waals surface area (Å²) >= 11 is 0. The van der Waals surface area contributed by atoms with Crippen molar-refractivity contribution in [3.8, 4) is 5.75 Å². The van der Waals surface area contributed by atoms with Gasteiger partial charge in [-0.25, -0.2) is 0 Å². The van der Waals surface area contributed by atoms with Crippen molar-refractivity contribution in [3.63, 3.8) is 0 Å². The van der Waals surface area contributed by atoms with Crippen LogP contribution in [0.3, 0.4) is 0 Å². The summed E-state index contributed by atoms with van der Waals surface area (Å²) in [7, 11) is 0. The second-order valence-electron chi connectivity index (χ2n) is 2.17. The maximum atomic E-state index is 9.03. The molecule has 1 aromatic rings. The highest BCUT2D eigenvalue weighted by atomic mass is 16.6. The standard InChI is InChI=1S/C9H11O2/c1-2-9(10)11-8-6-4-3-5-7-8/h3-7,9-10H,1-2H2. The van der Waals surface area contributed by atoms with Gasteiger partial charge in [0.1, 0.15) is 5.75 Å². The molecule has 1 aromatic carbocycles. The SMILES string of the molecule is [CH2]CC(O)Oc1ccccc1. The molecule has 0 aliphatic rings. The molecular formula is C9H11O2. The van der Waals surface area contributed by atoms with Gasteiger partial charge in [0.05, 0.1) is 0 Å². The number of aliphatic hydroxyl groups is 1. The van der Waals surface area contributed by atoms with E-state index in [0.29, 0.717) is 12.2 Å². The monoisotopic (exact) mass is 151 g/mol. The molecule has 0 fully saturated rings. The van der Waals surface area contributed by atoms with Crippen LogP contribution in [0.5, 0.6) is 5.75 Å². The minimum atomic E-state index is -0.794. The van der Waals surface area contributed by atoms with Crippen LogP contribution in [0.15, 0.2) is 30.3 Å². The molecule has 0 heterocycles. The molecule has 0 aliphatic heterocycles. The summed E-state index contributed by atoms with van der Waals surface area (Å²) in [4.78, 5) is 0. The van der Waals surface area contributed by atoms with Crippen LogP contribution in [0.25, 0.3) is 0 Å². The Morgan fingerprint density at radius 1 is 1.36 bits per heavy atom. The number of rotatable bonds is 3. The van der Waals surface area contributed by atoms with Crippen LogP contribution in [0.2, 0.25) is 0 Å². The molecule has 0 bridgehead atoms. The van der Waals surface area contributed by atoms with Crippen molar-refractivity contribution in [1.29, 1.82) is 0 Å². The van der Waals surface area contributed by atoms with E-state index >= 15 is 0 Å². The minimum Gasteiger partial charge on any atom is -0.465 e. The van der Waals surface area contributed by atoms with Crippen molar-refractivity contribution in [2.24, 2.45) is 0 Å². The number of hydrogen-bond acceptors (Lipinski definition) is 2. The van der Waals surface area contributed by atoms with Crippen molar-refractivity contribution in [2.45, 2.75) is 12.7 Å². The number of ether oxygens (including phenoxy) is 1. The van der Waals surface area contributed by atoms with Crippen LogP contribution in [0, 0.1) is 6.92 Å². The second-order valence-corrected chi connectivity index (χ2v) is 2.17. The molecule has 0 aliphatic carbocycles. The second kappa shape index (κ2) is 3.98. The molecule has 0 saturated carbocycles. The summed E-state index contributed by atoms with van der Waals surface area (Å²) in [6.07, 6.45) is -0.438. The molecule has 1 atom stereocenters. The first-order chi connectivity index (χ1) is 5.33. The van der Waals surface area contributed by atoms with Gasteiger partial charge in [0.25, 0.3) is 0 Å². The fraction of sp³-hybridized carbons (Fsp3) is 0.222. The molecule has 1 unspecified atom stereocenters. The smallest absolute Gasteiger partial charge is 0.197 e. The van der Waals surface area contributed by atoms with E-state index in [2.05, 4.69) is 6.92 Å². The Morgan fingerprint density at radius 2 is 2.00 bits per heavy atom. The molecule has 1 N–H and O–H groups in total. The quantitative estimate of drug-likeness (QED) is 0.665. The predicted molar refractivity (Wildman–Crippen MR) is 43.1 cm³/mol. The maximum Gasteiger partial charge on any atom is 0.197 e. The molecule has 2 heteroatoms. The number of benzene rings is 1. The molecule has 0 saturated heterocycles. The van der Waals surface area contributed by atoms with Crippen molar-refractivity contribution in [2.75, 3.05) is 0 Å². The molecule has 2 nitrogen and oxygen atoms in total. The fourth-order valence-corrected chi connectivity index (χ4v) is 0.715. The summed E-state index contributed by atoms with van der Waals surface area (Å²) in [5, 5.41) is 9.03. The Labute approximate surface area is 66.4 Å². The lowest BCUT2D eigenvalue weighted by molar-refractivity contribution is -0.0142. The van der Waals surface area contributed by atoms with Gasteiger partial charge in [0.15, 0.2) is 6.29 Å². The largest absolute Gasteiger partial charge is 0.465 e. The van der Waals surface area contributed by atoms with Gasteiger partial charge in [-0.05, 0) is 19.1 Å². The van der Waals surface area contributed by atoms with Crippen molar-refractivity contribution in [3.05, 3.63) is 37.3 Å². The summed E-state index contributed by atoms with van der Waals surface area (Å²) in [5.74, 6) is 0.670. The topological polar surface area (TPSA) is 29.5 Å². The average molecular weight is 151 g/mol. The highest BCUT2D eigenvalue weighted by Gasteiger charge is 1.99. The zero-order chi connectivity index (χ0) is 8.10. The average Bonchev–Trinajstić information content (AvgIpc) is 2.06. The van der Waals surface area contributed by atoms with Gasteiger partial charge < -0.3 is 9.84 Å². The lowest BCUT2D eigenvalue weighted by Gasteiger charge is -2.10. The van der Waals surface area contributed by atoms with Crippen LogP contribution in [0.1, 0.15) is 6.42 Å². The van der Waals surface area contributed by atoms with Gasteiger partial charge in [-0.15, -0.1) is 0 Å². The van der Waals surface area contributed by atoms with Crippen molar-refractivity contribution < 1.29 is 9.84 Å². The first-order valence-corrected chi connectivity index (χ1v) is 3.52. The summed E-state index contributed by atoms with van der Waals surface area (Å²) in [5.41, 5.74) is 0. The van der Waals surface area contributed by atoms with Gasteiger partial charge in [0.2, 0.25) is 0 Å². The Bertz CT molecular complexity index is 196. The first-order valence-electron chi connectivity index (χ1n) is 3.52. The number of aliphatic hydroxyl groups excluding tert-OH is 1. The Morgan fingerprint density at radius 3 is 2.55 bits per heavy atom. The Balaban J connectivity index is 2.51. The third-order valence-corrected chi connectivity index (χ3v) is 1.26. The highest BCUT2D eigenvalue weighted by Crippen LogP contribution is 2.10. The van der Waals surface area contributed by atoms with Crippen LogP contribution >= 0.6 is 0 Å². The fourth-order valence-electron chi connectivity index (χ4n) is 0.715. The summed E-state index contributed by atoms with van der Waals surface area (Å²) < 4.78 is 5.06. The molecule has 59 valence electrons. The van der Waals surface area contributed by atoms with Crippen LogP contribution in [-0.2, 0) is 0 Å².